The minimum atomic E-state index is -0.364. The minimum Gasteiger partial charge on any atom is -0.446 e. The Morgan fingerprint density at radius 1 is 1.15 bits per heavy atom. The number of piperidine rings is 1. The molecule has 9 nitrogen and oxygen atoms in total. The number of anilines is 2. The first-order valence-electron chi connectivity index (χ1n) is 11.6. The van der Waals surface area contributed by atoms with E-state index in [9.17, 15) is 14.4 Å². The van der Waals surface area contributed by atoms with E-state index in [2.05, 4.69) is 10.4 Å². The lowest BCUT2D eigenvalue weighted by Crippen LogP contribution is -2.52. The summed E-state index contributed by atoms with van der Waals surface area (Å²) >= 11 is 0. The number of carbonyl (C=O) groups is 3. The number of aromatic nitrogens is 2. The maximum absolute atomic E-state index is 13.0. The number of fused-ring (bicyclic) bond motifs is 1. The van der Waals surface area contributed by atoms with Crippen LogP contribution >= 0.6 is 0 Å². The SMILES string of the molecule is CC(=O)N1c2ccc(-c3cnn(C4CCNC(=O)C4)c3)cc2N(C(=O)OC2CCC2)CC1C. The number of rotatable bonds is 3. The van der Waals surface area contributed by atoms with E-state index in [1.807, 2.05) is 36.0 Å². The number of benzene rings is 1. The third-order valence-electron chi connectivity index (χ3n) is 6.82. The lowest BCUT2D eigenvalue weighted by atomic mass is 9.96. The molecule has 0 bridgehead atoms. The number of nitrogens with zero attached hydrogens (tertiary/aromatic N) is 4. The lowest BCUT2D eigenvalue weighted by Gasteiger charge is -2.41. The van der Waals surface area contributed by atoms with E-state index < -0.39 is 0 Å². The first-order valence-corrected chi connectivity index (χ1v) is 11.6. The summed E-state index contributed by atoms with van der Waals surface area (Å²) in [6, 6.07) is 5.63. The van der Waals surface area contributed by atoms with Crippen molar-refractivity contribution in [2.24, 2.45) is 0 Å². The molecule has 3 aliphatic rings. The molecule has 2 fully saturated rings. The van der Waals surface area contributed by atoms with E-state index in [0.29, 0.717) is 30.9 Å². The van der Waals surface area contributed by atoms with Gasteiger partial charge in [-0.15, -0.1) is 0 Å². The van der Waals surface area contributed by atoms with Crippen molar-refractivity contribution >= 4 is 29.3 Å². The molecule has 3 heterocycles. The maximum Gasteiger partial charge on any atom is 0.414 e. The fraction of sp³-hybridized carbons (Fsp3) is 0.500. The van der Waals surface area contributed by atoms with Gasteiger partial charge in [-0.3, -0.25) is 19.2 Å². The average molecular weight is 452 g/mol. The number of carbonyl (C=O) groups excluding carboxylic acids is 3. The van der Waals surface area contributed by atoms with Gasteiger partial charge in [0.05, 0.1) is 29.7 Å². The molecule has 2 aromatic rings. The molecule has 1 aromatic heterocycles. The summed E-state index contributed by atoms with van der Waals surface area (Å²) in [5.41, 5.74) is 3.14. The van der Waals surface area contributed by atoms with Crippen LogP contribution in [0.15, 0.2) is 30.6 Å². The molecule has 1 aromatic carbocycles. The van der Waals surface area contributed by atoms with E-state index in [-0.39, 0.29) is 36.1 Å². The Labute approximate surface area is 192 Å². The van der Waals surface area contributed by atoms with Crippen LogP contribution in [0.4, 0.5) is 16.2 Å². The summed E-state index contributed by atoms with van der Waals surface area (Å²) in [6.07, 6.45) is 7.48. The molecule has 1 N–H and O–H groups in total. The number of amides is 3. The van der Waals surface area contributed by atoms with Crippen LogP contribution in [0.2, 0.25) is 0 Å². The van der Waals surface area contributed by atoms with Crippen molar-refractivity contribution in [2.45, 2.75) is 64.1 Å². The van der Waals surface area contributed by atoms with Crippen molar-refractivity contribution in [3.05, 3.63) is 30.6 Å². The van der Waals surface area contributed by atoms with Crippen molar-refractivity contribution in [1.82, 2.24) is 15.1 Å². The zero-order valence-corrected chi connectivity index (χ0v) is 19.0. The molecule has 2 atom stereocenters. The van der Waals surface area contributed by atoms with E-state index in [1.54, 1.807) is 22.9 Å². The van der Waals surface area contributed by atoms with Gasteiger partial charge in [-0.2, -0.15) is 5.10 Å². The Morgan fingerprint density at radius 3 is 2.67 bits per heavy atom. The summed E-state index contributed by atoms with van der Waals surface area (Å²) in [7, 11) is 0. The quantitative estimate of drug-likeness (QED) is 0.773. The van der Waals surface area contributed by atoms with Crippen LogP contribution in [0.5, 0.6) is 0 Å². The lowest BCUT2D eigenvalue weighted by molar-refractivity contribution is -0.123. The second-order valence-corrected chi connectivity index (χ2v) is 9.19. The molecule has 0 radical (unpaired) electrons. The van der Waals surface area contributed by atoms with Gasteiger partial charge in [-0.25, -0.2) is 4.79 Å². The van der Waals surface area contributed by atoms with Gasteiger partial charge in [0.25, 0.3) is 0 Å². The Balaban J connectivity index is 1.47. The third kappa shape index (κ3) is 4.07. The van der Waals surface area contributed by atoms with E-state index in [1.165, 1.54) is 0 Å². The predicted molar refractivity (Wildman–Crippen MR) is 123 cm³/mol. The smallest absolute Gasteiger partial charge is 0.414 e. The number of nitrogens with one attached hydrogen (secondary N) is 1. The minimum absolute atomic E-state index is 0.0174. The largest absolute Gasteiger partial charge is 0.446 e. The molecule has 174 valence electrons. The molecular formula is C24H29N5O4. The molecule has 3 amide bonds. The van der Waals surface area contributed by atoms with Gasteiger partial charge < -0.3 is 15.0 Å². The Hall–Kier alpha value is -3.36. The molecule has 33 heavy (non-hydrogen) atoms. The Kier molecular flexibility index (Phi) is 5.55. The zero-order valence-electron chi connectivity index (χ0n) is 19.0. The predicted octanol–water partition coefficient (Wildman–Crippen LogP) is 3.25. The van der Waals surface area contributed by atoms with Gasteiger partial charge in [0.1, 0.15) is 6.10 Å². The van der Waals surface area contributed by atoms with Crippen LogP contribution < -0.4 is 15.1 Å². The molecule has 1 saturated heterocycles. The van der Waals surface area contributed by atoms with Gasteiger partial charge in [-0.1, -0.05) is 6.07 Å². The van der Waals surface area contributed by atoms with Crippen LogP contribution in [0.1, 0.15) is 52.0 Å². The summed E-state index contributed by atoms with van der Waals surface area (Å²) in [6.45, 7) is 4.50. The fourth-order valence-corrected chi connectivity index (χ4v) is 4.83. The van der Waals surface area contributed by atoms with Gasteiger partial charge >= 0.3 is 6.09 Å². The van der Waals surface area contributed by atoms with E-state index in [0.717, 1.165) is 36.8 Å². The number of hydrogen-bond donors (Lipinski definition) is 1. The van der Waals surface area contributed by atoms with E-state index in [4.69, 9.17) is 4.74 Å². The Morgan fingerprint density at radius 2 is 1.97 bits per heavy atom. The van der Waals surface area contributed by atoms with Crippen LogP contribution in [0, 0.1) is 0 Å². The summed E-state index contributed by atoms with van der Waals surface area (Å²) in [5, 5.41) is 7.34. The molecule has 2 unspecified atom stereocenters. The van der Waals surface area contributed by atoms with Gasteiger partial charge in [0.15, 0.2) is 0 Å². The highest BCUT2D eigenvalue weighted by Crippen LogP contribution is 2.40. The van der Waals surface area contributed by atoms with Crippen molar-refractivity contribution in [3.8, 4) is 11.1 Å². The van der Waals surface area contributed by atoms with Crippen molar-refractivity contribution in [1.29, 1.82) is 0 Å². The van der Waals surface area contributed by atoms with Crippen LogP contribution in [0.25, 0.3) is 11.1 Å². The van der Waals surface area contributed by atoms with Gasteiger partial charge in [-0.05, 0) is 50.3 Å². The normalized spacial score (nSPS) is 22.9. The summed E-state index contributed by atoms with van der Waals surface area (Å²) < 4.78 is 7.54. The molecular weight excluding hydrogens is 422 g/mol. The first kappa shape index (κ1) is 21.5. The van der Waals surface area contributed by atoms with Crippen molar-refractivity contribution in [2.75, 3.05) is 22.9 Å². The third-order valence-corrected chi connectivity index (χ3v) is 6.82. The van der Waals surface area contributed by atoms with Gasteiger partial charge in [0.2, 0.25) is 11.8 Å². The van der Waals surface area contributed by atoms with Crippen LogP contribution in [-0.4, -0.2) is 52.9 Å². The molecule has 1 saturated carbocycles. The topological polar surface area (TPSA) is 96.8 Å². The standard InChI is InChI=1S/C24H29N5O4/c1-15-13-27(24(32)33-20-4-3-5-20)22-10-17(6-7-21(22)29(15)16(2)30)18-12-26-28(14-18)19-8-9-25-23(31)11-19/h6-7,10,12,14-15,19-20H,3-5,8-9,11,13H2,1-2H3,(H,25,31). The first-order chi connectivity index (χ1) is 15.9. The van der Waals surface area contributed by atoms with Crippen molar-refractivity contribution in [3.63, 3.8) is 0 Å². The highest BCUT2D eigenvalue weighted by Gasteiger charge is 2.36. The molecule has 0 spiro atoms. The number of hydrogen-bond acceptors (Lipinski definition) is 5. The molecule has 5 rings (SSSR count). The maximum atomic E-state index is 13.0. The van der Waals surface area contributed by atoms with Crippen molar-refractivity contribution < 1.29 is 19.1 Å². The molecule has 9 heteroatoms. The zero-order chi connectivity index (χ0) is 23.1. The second-order valence-electron chi connectivity index (χ2n) is 9.19. The average Bonchev–Trinajstić information content (AvgIpc) is 3.25. The summed E-state index contributed by atoms with van der Waals surface area (Å²) in [4.78, 5) is 40.6. The second kappa shape index (κ2) is 8.53. The fourth-order valence-electron chi connectivity index (χ4n) is 4.83. The summed E-state index contributed by atoms with van der Waals surface area (Å²) in [5.74, 6) is -0.0250. The Bertz CT molecular complexity index is 1090. The molecule has 1 aliphatic carbocycles. The van der Waals surface area contributed by atoms with Crippen LogP contribution in [-0.2, 0) is 14.3 Å². The highest BCUT2D eigenvalue weighted by molar-refractivity contribution is 6.03. The van der Waals surface area contributed by atoms with Crippen LogP contribution in [0.3, 0.4) is 0 Å². The molecule has 2 aliphatic heterocycles. The number of ether oxygens (including phenoxy) is 1. The monoisotopic (exact) mass is 451 g/mol. The highest BCUT2D eigenvalue weighted by atomic mass is 16.6. The van der Waals surface area contributed by atoms with Gasteiger partial charge in [0, 0.05) is 38.2 Å². The van der Waals surface area contributed by atoms with E-state index >= 15 is 0 Å².